The van der Waals surface area contributed by atoms with Crippen molar-refractivity contribution in [2.45, 2.75) is 55.6 Å². The Balaban J connectivity index is 0.00000294. The lowest BCUT2D eigenvalue weighted by atomic mass is 9.97. The van der Waals surface area contributed by atoms with Gasteiger partial charge in [-0.3, -0.25) is 4.79 Å². The van der Waals surface area contributed by atoms with Crippen molar-refractivity contribution in [3.8, 4) is 16.9 Å². The maximum atomic E-state index is 12.9. The van der Waals surface area contributed by atoms with Crippen LogP contribution < -0.4 is 20.5 Å². The van der Waals surface area contributed by atoms with Crippen LogP contribution in [0.25, 0.3) is 11.1 Å². The molecule has 0 aliphatic heterocycles. The van der Waals surface area contributed by atoms with Crippen LogP contribution in [0.3, 0.4) is 0 Å². The first-order valence-corrected chi connectivity index (χ1v) is 14.9. The molecule has 3 aromatic carbocycles. The number of carbonyl (C=O) groups is 1. The molecule has 1 amide bonds. The number of aliphatic hydroxyl groups is 1. The van der Waals surface area contributed by atoms with Crippen LogP contribution in [-0.4, -0.2) is 45.2 Å². The zero-order chi connectivity index (χ0) is 27.7. The number of benzene rings is 3. The number of ether oxygens (including phenoxy) is 1. The molecule has 1 atom stereocenters. The Hall–Kier alpha value is -2.66. The van der Waals surface area contributed by atoms with Crippen LogP contribution in [0.2, 0.25) is 0 Å². The summed E-state index contributed by atoms with van der Waals surface area (Å²) < 4.78 is 34.0. The molecule has 11 heteroatoms. The van der Waals surface area contributed by atoms with Crippen LogP contribution in [0.15, 0.2) is 77.7 Å². The summed E-state index contributed by atoms with van der Waals surface area (Å²) in [6.45, 7) is 0.780. The van der Waals surface area contributed by atoms with Crippen molar-refractivity contribution in [3.63, 3.8) is 0 Å². The molecule has 1 saturated carbocycles. The van der Waals surface area contributed by atoms with E-state index in [1.54, 1.807) is 12.1 Å². The molecule has 0 unspecified atom stereocenters. The van der Waals surface area contributed by atoms with E-state index in [4.69, 9.17) is 10.5 Å². The van der Waals surface area contributed by atoms with E-state index in [1.165, 1.54) is 6.07 Å². The van der Waals surface area contributed by atoms with Crippen molar-refractivity contribution in [1.82, 2.24) is 10.0 Å². The molecule has 224 valence electrons. The van der Waals surface area contributed by atoms with Gasteiger partial charge in [0, 0.05) is 6.54 Å². The van der Waals surface area contributed by atoms with Crippen molar-refractivity contribution in [1.29, 1.82) is 0 Å². The fraction of sp³-hybridized carbons (Fsp3) is 0.367. The number of halogens is 2. The normalized spacial score (nSPS) is 14.3. The highest BCUT2D eigenvalue weighted by atomic mass is 35.5. The molecular formula is C30H39Cl2N3O5S. The molecule has 0 heterocycles. The van der Waals surface area contributed by atoms with Crippen molar-refractivity contribution < 1.29 is 23.1 Å². The Morgan fingerprint density at radius 2 is 1.61 bits per heavy atom. The van der Waals surface area contributed by atoms with Gasteiger partial charge in [0.05, 0.1) is 18.8 Å². The largest absolute Gasteiger partial charge is 0.489 e. The number of sulfonamides is 1. The van der Waals surface area contributed by atoms with Gasteiger partial charge in [0.2, 0.25) is 5.91 Å². The number of aliphatic hydroxyl groups excluding tert-OH is 1. The maximum absolute atomic E-state index is 12.9. The van der Waals surface area contributed by atoms with Gasteiger partial charge in [0.15, 0.2) is 0 Å². The van der Waals surface area contributed by atoms with Gasteiger partial charge >= 0.3 is 0 Å². The molecule has 0 saturated heterocycles. The van der Waals surface area contributed by atoms with E-state index in [0.29, 0.717) is 6.54 Å². The summed E-state index contributed by atoms with van der Waals surface area (Å²) in [5.41, 5.74) is 9.09. The Kier molecular flexibility index (Phi) is 14.1. The van der Waals surface area contributed by atoms with Gasteiger partial charge in [-0.15, -0.1) is 24.8 Å². The zero-order valence-electron chi connectivity index (χ0n) is 22.8. The standard InChI is InChI=1S/C30H37N3O5S.2ClH/c31-20-30(35)33-39(36,37)29-16-15-25(19-28(29)38-26-9-5-2-6-10-26)23-13-11-22(12-14-23)17-18-32-21-27(34)24-7-3-1-4-8-24;;/h1,3-4,7-8,11-16,19,26-27,32,34H,2,5-6,9-10,17-18,20-21,31H2,(H,33,35);2*1H/t27-;;/m1../s1. The minimum Gasteiger partial charge on any atom is -0.489 e. The van der Waals surface area contributed by atoms with Gasteiger partial charge in [-0.2, -0.15) is 0 Å². The van der Waals surface area contributed by atoms with Crippen LogP contribution in [0.1, 0.15) is 49.3 Å². The smallest absolute Gasteiger partial charge is 0.267 e. The van der Waals surface area contributed by atoms with Gasteiger partial charge in [0.1, 0.15) is 10.6 Å². The molecule has 0 aromatic heterocycles. The molecule has 1 fully saturated rings. The molecule has 5 N–H and O–H groups in total. The first-order chi connectivity index (χ1) is 18.9. The van der Waals surface area contributed by atoms with Crippen LogP contribution in [0.5, 0.6) is 5.75 Å². The molecule has 41 heavy (non-hydrogen) atoms. The fourth-order valence-electron chi connectivity index (χ4n) is 4.74. The lowest BCUT2D eigenvalue weighted by Gasteiger charge is -2.24. The molecule has 0 radical (unpaired) electrons. The predicted octanol–water partition coefficient (Wildman–Crippen LogP) is 4.54. The van der Waals surface area contributed by atoms with Crippen molar-refractivity contribution in [3.05, 3.63) is 83.9 Å². The van der Waals surface area contributed by atoms with Gasteiger partial charge in [-0.1, -0.05) is 67.1 Å². The summed E-state index contributed by atoms with van der Waals surface area (Å²) in [6.07, 6.45) is 5.14. The number of hydrogen-bond donors (Lipinski definition) is 4. The van der Waals surface area contributed by atoms with Crippen molar-refractivity contribution >= 4 is 40.7 Å². The van der Waals surface area contributed by atoms with Crippen LogP contribution in [0, 0.1) is 0 Å². The van der Waals surface area contributed by atoms with E-state index in [0.717, 1.165) is 67.3 Å². The third-order valence-electron chi connectivity index (χ3n) is 6.91. The zero-order valence-corrected chi connectivity index (χ0v) is 25.3. The summed E-state index contributed by atoms with van der Waals surface area (Å²) in [7, 11) is -4.12. The highest BCUT2D eigenvalue weighted by Gasteiger charge is 2.25. The van der Waals surface area contributed by atoms with Crippen molar-refractivity contribution in [2.24, 2.45) is 5.73 Å². The predicted molar refractivity (Wildman–Crippen MR) is 166 cm³/mol. The third-order valence-corrected chi connectivity index (χ3v) is 8.33. The molecule has 3 aromatic rings. The molecule has 0 spiro atoms. The summed E-state index contributed by atoms with van der Waals surface area (Å²) in [5, 5.41) is 13.6. The Morgan fingerprint density at radius 1 is 0.951 bits per heavy atom. The van der Waals surface area contributed by atoms with E-state index in [2.05, 4.69) is 5.32 Å². The lowest BCUT2D eigenvalue weighted by Crippen LogP contribution is -2.35. The number of hydrogen-bond acceptors (Lipinski definition) is 7. The molecule has 4 rings (SSSR count). The molecule has 1 aliphatic rings. The van der Waals surface area contributed by atoms with Gasteiger partial charge < -0.3 is 20.9 Å². The van der Waals surface area contributed by atoms with Gasteiger partial charge in [0.25, 0.3) is 10.0 Å². The van der Waals surface area contributed by atoms with Crippen LogP contribution >= 0.6 is 24.8 Å². The SMILES string of the molecule is Cl.Cl.NCC(=O)NS(=O)(=O)c1ccc(-c2ccc(CCNC[C@@H](O)c3ccccc3)cc2)cc1OC1CCCCC1. The number of rotatable bonds is 12. The number of amides is 1. The average molecular weight is 625 g/mol. The first-order valence-electron chi connectivity index (χ1n) is 13.4. The van der Waals surface area contributed by atoms with E-state index in [-0.39, 0.29) is 41.6 Å². The summed E-state index contributed by atoms with van der Waals surface area (Å²) >= 11 is 0. The van der Waals surface area contributed by atoms with Crippen LogP contribution in [-0.2, 0) is 21.2 Å². The van der Waals surface area contributed by atoms with Gasteiger partial charge in [-0.25, -0.2) is 13.1 Å². The highest BCUT2D eigenvalue weighted by Crippen LogP contribution is 2.33. The molecule has 1 aliphatic carbocycles. The Bertz CT molecular complexity index is 1340. The molecule has 8 nitrogen and oxygen atoms in total. The Labute approximate surface area is 254 Å². The summed E-state index contributed by atoms with van der Waals surface area (Å²) in [6, 6.07) is 22.6. The van der Waals surface area contributed by atoms with Crippen molar-refractivity contribution in [2.75, 3.05) is 19.6 Å². The average Bonchev–Trinajstić information content (AvgIpc) is 2.96. The second-order valence-electron chi connectivity index (χ2n) is 9.85. The first kappa shape index (κ1) is 34.5. The second kappa shape index (κ2) is 16.7. The number of nitrogens with one attached hydrogen (secondary N) is 2. The minimum atomic E-state index is -4.12. The quantitative estimate of drug-likeness (QED) is 0.218. The van der Waals surface area contributed by atoms with E-state index >= 15 is 0 Å². The monoisotopic (exact) mass is 623 g/mol. The highest BCUT2D eigenvalue weighted by molar-refractivity contribution is 7.90. The summed E-state index contributed by atoms with van der Waals surface area (Å²) in [4.78, 5) is 11.7. The third kappa shape index (κ3) is 9.99. The topological polar surface area (TPSA) is 131 Å². The lowest BCUT2D eigenvalue weighted by molar-refractivity contribution is -0.118. The summed E-state index contributed by atoms with van der Waals surface area (Å²) in [5.74, 6) is -0.538. The molecular weight excluding hydrogens is 585 g/mol. The fourth-order valence-corrected chi connectivity index (χ4v) is 5.85. The second-order valence-corrected chi connectivity index (χ2v) is 11.5. The number of nitrogens with two attached hydrogens (primary N) is 1. The van der Waals surface area contributed by atoms with Crippen LogP contribution in [0.4, 0.5) is 0 Å². The van der Waals surface area contributed by atoms with Gasteiger partial charge in [-0.05, 0) is 73.0 Å². The van der Waals surface area contributed by atoms with E-state index in [1.807, 2.05) is 59.3 Å². The Morgan fingerprint density at radius 3 is 2.27 bits per heavy atom. The van der Waals surface area contributed by atoms with E-state index < -0.39 is 28.6 Å². The minimum absolute atomic E-state index is 0. The molecule has 0 bridgehead atoms. The maximum Gasteiger partial charge on any atom is 0.267 e. The number of carbonyl (C=O) groups excluding carboxylic acids is 1. The van der Waals surface area contributed by atoms with E-state index in [9.17, 15) is 18.3 Å².